The van der Waals surface area contributed by atoms with Crippen LogP contribution in [0, 0.1) is 25.2 Å². The fourth-order valence-electron chi connectivity index (χ4n) is 3.17. The van der Waals surface area contributed by atoms with E-state index in [-0.39, 0.29) is 10.7 Å². The van der Waals surface area contributed by atoms with Crippen LogP contribution in [0.3, 0.4) is 0 Å². The van der Waals surface area contributed by atoms with Crippen molar-refractivity contribution >= 4 is 39.8 Å². The number of halogens is 1. The number of esters is 1. The van der Waals surface area contributed by atoms with E-state index in [1.807, 2.05) is 0 Å². The summed E-state index contributed by atoms with van der Waals surface area (Å²) < 4.78 is 5.09. The van der Waals surface area contributed by atoms with Gasteiger partial charge in [0.15, 0.2) is 6.61 Å². The van der Waals surface area contributed by atoms with Crippen LogP contribution in [0.25, 0.3) is 0 Å². The summed E-state index contributed by atoms with van der Waals surface area (Å²) >= 11 is 7.45. The van der Waals surface area contributed by atoms with Crippen LogP contribution in [0.1, 0.15) is 50.5 Å². The van der Waals surface area contributed by atoms with Crippen molar-refractivity contribution < 1.29 is 14.3 Å². The molecule has 2 aromatic rings. The Balaban J connectivity index is 1.67. The molecule has 2 heterocycles. The molecule has 0 bridgehead atoms. The minimum Gasteiger partial charge on any atom is -0.452 e. The van der Waals surface area contributed by atoms with Crippen LogP contribution >= 0.6 is 22.9 Å². The first-order chi connectivity index (χ1) is 12.9. The number of ether oxygens (including phenoxy) is 1. The van der Waals surface area contributed by atoms with Gasteiger partial charge in [-0.2, -0.15) is 5.26 Å². The largest absolute Gasteiger partial charge is 0.452 e. The molecule has 0 radical (unpaired) electrons. The molecule has 0 saturated heterocycles. The second kappa shape index (κ2) is 8.07. The first-order valence-corrected chi connectivity index (χ1v) is 9.75. The van der Waals surface area contributed by atoms with Crippen molar-refractivity contribution in [3.8, 4) is 6.07 Å². The van der Waals surface area contributed by atoms with Gasteiger partial charge in [-0.1, -0.05) is 11.6 Å². The molecule has 2 aromatic heterocycles. The third kappa shape index (κ3) is 4.12. The normalized spacial score (nSPS) is 12.8. The summed E-state index contributed by atoms with van der Waals surface area (Å²) in [5.41, 5.74) is 3.04. The standard InChI is InChI=1S/C19H18ClN3O3S/c1-10-7-11(2)22-17(20)16(10)19(25)26-9-15(24)23-18-13(8-21)12-5-3-4-6-14(12)27-18/h7H,3-6,9H2,1-2H3,(H,23,24). The number of aryl methyl sites for hydroxylation is 3. The second-order valence-electron chi connectivity index (χ2n) is 6.40. The number of aromatic nitrogens is 1. The van der Waals surface area contributed by atoms with Gasteiger partial charge >= 0.3 is 5.97 Å². The summed E-state index contributed by atoms with van der Waals surface area (Å²) in [5.74, 6) is -1.20. The molecule has 140 valence electrons. The van der Waals surface area contributed by atoms with Crippen LogP contribution in [0.5, 0.6) is 0 Å². The van der Waals surface area contributed by atoms with E-state index in [0.29, 0.717) is 21.8 Å². The lowest BCUT2D eigenvalue weighted by molar-refractivity contribution is -0.119. The maximum Gasteiger partial charge on any atom is 0.342 e. The topological polar surface area (TPSA) is 92.1 Å². The lowest BCUT2D eigenvalue weighted by Crippen LogP contribution is -2.21. The van der Waals surface area contributed by atoms with Crippen LogP contribution in [0.2, 0.25) is 5.15 Å². The highest BCUT2D eigenvalue weighted by atomic mass is 35.5. The number of thiophene rings is 1. The molecule has 27 heavy (non-hydrogen) atoms. The van der Waals surface area contributed by atoms with Gasteiger partial charge in [-0.15, -0.1) is 11.3 Å². The molecule has 0 spiro atoms. The summed E-state index contributed by atoms with van der Waals surface area (Å²) in [5, 5.41) is 12.7. The zero-order valence-electron chi connectivity index (χ0n) is 15.0. The van der Waals surface area contributed by atoms with E-state index in [4.69, 9.17) is 16.3 Å². The van der Waals surface area contributed by atoms with Gasteiger partial charge in [0.2, 0.25) is 0 Å². The first-order valence-electron chi connectivity index (χ1n) is 8.56. The number of carbonyl (C=O) groups is 2. The average Bonchev–Trinajstić information content (AvgIpc) is 2.95. The number of hydrogen-bond acceptors (Lipinski definition) is 6. The zero-order valence-corrected chi connectivity index (χ0v) is 16.6. The Morgan fingerprint density at radius 2 is 2.11 bits per heavy atom. The number of nitrogens with one attached hydrogen (secondary N) is 1. The van der Waals surface area contributed by atoms with E-state index in [1.165, 1.54) is 11.3 Å². The summed E-state index contributed by atoms with van der Waals surface area (Å²) in [6, 6.07) is 3.90. The number of pyridine rings is 1. The Labute approximate surface area is 166 Å². The zero-order chi connectivity index (χ0) is 19.6. The molecule has 0 fully saturated rings. The lowest BCUT2D eigenvalue weighted by atomic mass is 9.96. The Hall–Kier alpha value is -2.43. The molecule has 0 unspecified atom stereocenters. The molecule has 0 atom stereocenters. The van der Waals surface area contributed by atoms with E-state index in [0.717, 1.165) is 36.1 Å². The highest BCUT2D eigenvalue weighted by Crippen LogP contribution is 2.37. The average molecular weight is 404 g/mol. The number of anilines is 1. The minimum atomic E-state index is -0.703. The molecule has 0 aromatic carbocycles. The molecule has 1 aliphatic carbocycles. The van der Waals surface area contributed by atoms with Crippen molar-refractivity contribution in [3.63, 3.8) is 0 Å². The van der Waals surface area contributed by atoms with Gasteiger partial charge in [-0.25, -0.2) is 9.78 Å². The van der Waals surface area contributed by atoms with Gasteiger partial charge in [0.25, 0.3) is 5.91 Å². The molecular formula is C19H18ClN3O3S. The monoisotopic (exact) mass is 403 g/mol. The molecular weight excluding hydrogens is 386 g/mol. The van der Waals surface area contributed by atoms with E-state index in [2.05, 4.69) is 16.4 Å². The lowest BCUT2D eigenvalue weighted by Gasteiger charge is -2.10. The summed E-state index contributed by atoms with van der Waals surface area (Å²) in [7, 11) is 0. The molecule has 1 aliphatic rings. The van der Waals surface area contributed by atoms with Crippen LogP contribution in [0.15, 0.2) is 6.07 Å². The fourth-order valence-corrected chi connectivity index (χ4v) is 4.79. The molecule has 1 amide bonds. The van der Waals surface area contributed by atoms with Crippen LogP contribution in [-0.4, -0.2) is 23.5 Å². The number of nitrogens with zero attached hydrogens (tertiary/aromatic N) is 2. The Bertz CT molecular complexity index is 939. The first kappa shape index (κ1) is 19.3. The SMILES string of the molecule is Cc1cc(C)c(C(=O)OCC(=O)Nc2sc3c(c2C#N)CCCC3)c(Cl)n1. The minimum absolute atomic E-state index is 0.0515. The molecule has 6 nitrogen and oxygen atoms in total. The maximum atomic E-state index is 12.3. The Morgan fingerprint density at radius 1 is 1.37 bits per heavy atom. The number of rotatable bonds is 4. The van der Waals surface area contributed by atoms with E-state index >= 15 is 0 Å². The van der Waals surface area contributed by atoms with Crippen molar-refractivity contribution in [2.75, 3.05) is 11.9 Å². The Morgan fingerprint density at radius 3 is 2.81 bits per heavy atom. The van der Waals surface area contributed by atoms with Gasteiger partial charge in [-0.3, -0.25) is 4.79 Å². The highest BCUT2D eigenvalue weighted by Gasteiger charge is 2.23. The fraction of sp³-hybridized carbons (Fsp3) is 0.368. The molecule has 0 aliphatic heterocycles. The maximum absolute atomic E-state index is 12.3. The number of nitriles is 1. The Kier molecular flexibility index (Phi) is 5.78. The van der Waals surface area contributed by atoms with E-state index < -0.39 is 18.5 Å². The van der Waals surface area contributed by atoms with Gasteiger partial charge in [0.05, 0.1) is 11.1 Å². The summed E-state index contributed by atoms with van der Waals surface area (Å²) in [6.45, 7) is 3.04. The third-order valence-electron chi connectivity index (χ3n) is 4.38. The number of hydrogen-bond donors (Lipinski definition) is 1. The number of fused-ring (bicyclic) bond motifs is 1. The summed E-state index contributed by atoms with van der Waals surface area (Å²) in [4.78, 5) is 29.7. The van der Waals surface area contributed by atoms with Crippen molar-refractivity contribution in [2.24, 2.45) is 0 Å². The van der Waals surface area contributed by atoms with Crippen LogP contribution < -0.4 is 5.32 Å². The second-order valence-corrected chi connectivity index (χ2v) is 7.86. The van der Waals surface area contributed by atoms with Gasteiger partial charge in [0, 0.05) is 10.6 Å². The number of carbonyl (C=O) groups excluding carboxylic acids is 2. The predicted molar refractivity (Wildman–Crippen MR) is 103 cm³/mol. The summed E-state index contributed by atoms with van der Waals surface area (Å²) in [6.07, 6.45) is 3.93. The highest BCUT2D eigenvalue weighted by molar-refractivity contribution is 7.16. The van der Waals surface area contributed by atoms with Crippen LogP contribution in [-0.2, 0) is 22.4 Å². The van der Waals surface area contributed by atoms with E-state index in [1.54, 1.807) is 19.9 Å². The van der Waals surface area contributed by atoms with Gasteiger partial charge in [-0.05, 0) is 56.7 Å². The third-order valence-corrected chi connectivity index (χ3v) is 5.86. The molecule has 1 N–H and O–H groups in total. The van der Waals surface area contributed by atoms with Crippen molar-refractivity contribution in [1.82, 2.24) is 4.98 Å². The van der Waals surface area contributed by atoms with E-state index in [9.17, 15) is 14.9 Å². The number of amides is 1. The molecule has 0 saturated carbocycles. The van der Waals surface area contributed by atoms with Crippen molar-refractivity contribution in [2.45, 2.75) is 39.5 Å². The molecule has 3 rings (SSSR count). The smallest absolute Gasteiger partial charge is 0.342 e. The predicted octanol–water partition coefficient (Wildman–Crippen LogP) is 3.96. The van der Waals surface area contributed by atoms with Crippen LogP contribution in [0.4, 0.5) is 5.00 Å². The van der Waals surface area contributed by atoms with Gasteiger partial charge < -0.3 is 10.1 Å². The quantitative estimate of drug-likeness (QED) is 0.616. The van der Waals surface area contributed by atoms with Crippen molar-refractivity contribution in [3.05, 3.63) is 44.0 Å². The van der Waals surface area contributed by atoms with Gasteiger partial charge in [0.1, 0.15) is 16.2 Å². The molecule has 8 heteroatoms. The van der Waals surface area contributed by atoms with Crippen molar-refractivity contribution in [1.29, 1.82) is 5.26 Å².